The van der Waals surface area contributed by atoms with Crippen molar-refractivity contribution in [3.8, 4) is 5.75 Å². The maximum Gasteiger partial charge on any atom is 0.305 e. The summed E-state index contributed by atoms with van der Waals surface area (Å²) in [5.41, 5.74) is 0. The molecule has 0 heterocycles. The Bertz CT molecular complexity index is 549. The lowest BCUT2D eigenvalue weighted by molar-refractivity contribution is -0.147. The first kappa shape index (κ1) is 14.7. The molecular weight excluding hydrogens is 294 g/mol. The lowest BCUT2D eigenvalue weighted by Gasteiger charge is -2.08. The van der Waals surface area contributed by atoms with Gasteiger partial charge in [-0.3, -0.25) is 4.79 Å². The summed E-state index contributed by atoms with van der Waals surface area (Å²) in [5.74, 6) is -4.11. The van der Waals surface area contributed by atoms with E-state index in [1.165, 1.54) is 0 Å². The molecule has 0 saturated carbocycles. The second-order valence-corrected chi connectivity index (χ2v) is 5.62. The third-order valence-corrected chi connectivity index (χ3v) is 3.05. The summed E-state index contributed by atoms with van der Waals surface area (Å²) >= 11 is 0. The predicted octanol–water partition coefficient (Wildman–Crippen LogP) is 1.79. The average molecular weight is 301 g/mol. The van der Waals surface area contributed by atoms with Crippen LogP contribution < -0.4 is 4.74 Å². The SMILES string of the molecule is CC(=O)OCOc1c(F)cc(S(=O)(=O)Cl)cc1F. The van der Waals surface area contributed by atoms with E-state index in [4.69, 9.17) is 10.7 Å². The molecule has 100 valence electrons. The topological polar surface area (TPSA) is 69.7 Å². The lowest BCUT2D eigenvalue weighted by Crippen LogP contribution is -2.09. The van der Waals surface area contributed by atoms with E-state index < -0.39 is 44.1 Å². The minimum Gasteiger partial charge on any atom is -0.451 e. The first-order valence-electron chi connectivity index (χ1n) is 4.41. The summed E-state index contributed by atoms with van der Waals surface area (Å²) < 4.78 is 57.3. The van der Waals surface area contributed by atoms with Gasteiger partial charge in [0.1, 0.15) is 0 Å². The summed E-state index contributed by atoms with van der Waals surface area (Å²) in [6, 6.07) is 0.989. The van der Waals surface area contributed by atoms with Crippen LogP contribution in [0.4, 0.5) is 8.78 Å². The summed E-state index contributed by atoms with van der Waals surface area (Å²) in [5, 5.41) is 0. The van der Waals surface area contributed by atoms with Crippen LogP contribution in [-0.2, 0) is 18.6 Å². The number of hydrogen-bond acceptors (Lipinski definition) is 5. The standard InChI is InChI=1S/C9H7ClF2O5S/c1-5(13)16-4-17-9-7(11)2-6(3-8(9)12)18(10,14)15/h2-3H,4H2,1H3. The van der Waals surface area contributed by atoms with Crippen LogP contribution in [0.1, 0.15) is 6.92 Å². The van der Waals surface area contributed by atoms with Gasteiger partial charge in [-0.2, -0.15) is 0 Å². The molecule has 0 radical (unpaired) electrons. The third-order valence-electron chi connectivity index (χ3n) is 1.72. The van der Waals surface area contributed by atoms with Crippen molar-refractivity contribution in [2.75, 3.05) is 6.79 Å². The van der Waals surface area contributed by atoms with Gasteiger partial charge >= 0.3 is 5.97 Å². The molecule has 0 spiro atoms. The van der Waals surface area contributed by atoms with Crippen molar-refractivity contribution in [1.29, 1.82) is 0 Å². The highest BCUT2D eigenvalue weighted by molar-refractivity contribution is 8.13. The fourth-order valence-corrected chi connectivity index (χ4v) is 1.74. The fourth-order valence-electron chi connectivity index (χ4n) is 0.987. The van der Waals surface area contributed by atoms with E-state index in [0.717, 1.165) is 6.92 Å². The van der Waals surface area contributed by atoms with Gasteiger partial charge in [0.2, 0.25) is 6.79 Å². The van der Waals surface area contributed by atoms with E-state index in [1.807, 2.05) is 0 Å². The predicted molar refractivity (Wildman–Crippen MR) is 56.7 cm³/mol. The van der Waals surface area contributed by atoms with Crippen LogP contribution in [0.25, 0.3) is 0 Å². The molecule has 1 aromatic carbocycles. The first-order valence-corrected chi connectivity index (χ1v) is 6.72. The molecule has 0 amide bonds. The van der Waals surface area contributed by atoms with Gasteiger partial charge in [0.15, 0.2) is 17.4 Å². The number of hydrogen-bond donors (Lipinski definition) is 0. The zero-order valence-electron chi connectivity index (χ0n) is 8.95. The first-order chi connectivity index (χ1) is 8.21. The van der Waals surface area contributed by atoms with Crippen LogP contribution in [0.2, 0.25) is 0 Å². The molecule has 9 heteroatoms. The van der Waals surface area contributed by atoms with Gasteiger partial charge in [0, 0.05) is 17.6 Å². The van der Waals surface area contributed by atoms with E-state index in [9.17, 15) is 22.0 Å². The number of rotatable bonds is 4. The van der Waals surface area contributed by atoms with Crippen molar-refractivity contribution in [3.05, 3.63) is 23.8 Å². The summed E-state index contributed by atoms with van der Waals surface area (Å²) in [7, 11) is 0.682. The number of carbonyl (C=O) groups is 1. The molecule has 0 aromatic heterocycles. The highest BCUT2D eigenvalue weighted by Crippen LogP contribution is 2.27. The van der Waals surface area contributed by atoms with Crippen LogP contribution in [0.3, 0.4) is 0 Å². The van der Waals surface area contributed by atoms with E-state index in [-0.39, 0.29) is 0 Å². The van der Waals surface area contributed by atoms with Crippen LogP contribution >= 0.6 is 10.7 Å². The molecule has 0 fully saturated rings. The van der Waals surface area contributed by atoms with Crippen LogP contribution in [0.5, 0.6) is 5.75 Å². The largest absolute Gasteiger partial charge is 0.451 e. The molecule has 0 aliphatic rings. The number of halogens is 3. The molecule has 1 rings (SSSR count). The number of carbonyl (C=O) groups excluding carboxylic acids is 1. The Labute approximate surface area is 106 Å². The maximum absolute atomic E-state index is 13.3. The van der Waals surface area contributed by atoms with E-state index in [2.05, 4.69) is 9.47 Å². The smallest absolute Gasteiger partial charge is 0.305 e. The van der Waals surface area contributed by atoms with Crippen molar-refractivity contribution < 1.29 is 31.5 Å². The minimum atomic E-state index is -4.25. The normalized spacial score (nSPS) is 11.1. The fraction of sp³-hybridized carbons (Fsp3) is 0.222. The molecule has 0 bridgehead atoms. The van der Waals surface area contributed by atoms with Gasteiger partial charge in [-0.1, -0.05) is 0 Å². The molecular formula is C9H7ClF2O5S. The van der Waals surface area contributed by atoms with Gasteiger partial charge in [-0.05, 0) is 12.1 Å². The van der Waals surface area contributed by atoms with Crippen LogP contribution in [0.15, 0.2) is 17.0 Å². The molecule has 0 aliphatic heterocycles. The lowest BCUT2D eigenvalue weighted by atomic mass is 10.3. The van der Waals surface area contributed by atoms with Gasteiger partial charge in [-0.25, -0.2) is 17.2 Å². The number of esters is 1. The number of benzene rings is 1. The third kappa shape index (κ3) is 3.81. The van der Waals surface area contributed by atoms with Crippen LogP contribution in [-0.4, -0.2) is 21.2 Å². The second-order valence-electron chi connectivity index (χ2n) is 3.05. The zero-order chi connectivity index (χ0) is 13.9. The van der Waals surface area contributed by atoms with Crippen molar-refractivity contribution in [1.82, 2.24) is 0 Å². The van der Waals surface area contributed by atoms with Crippen molar-refractivity contribution in [3.63, 3.8) is 0 Å². The van der Waals surface area contributed by atoms with Gasteiger partial charge in [-0.15, -0.1) is 0 Å². The van der Waals surface area contributed by atoms with E-state index >= 15 is 0 Å². The quantitative estimate of drug-likeness (QED) is 0.482. The Balaban J connectivity index is 2.99. The molecule has 0 aliphatic carbocycles. The summed E-state index contributed by atoms with van der Waals surface area (Å²) in [6.45, 7) is 0.384. The Morgan fingerprint density at radius 3 is 2.22 bits per heavy atom. The molecule has 18 heavy (non-hydrogen) atoms. The zero-order valence-corrected chi connectivity index (χ0v) is 10.5. The van der Waals surface area contributed by atoms with Crippen LogP contribution in [0, 0.1) is 11.6 Å². The Kier molecular flexibility index (Phi) is 4.47. The Morgan fingerprint density at radius 2 is 1.83 bits per heavy atom. The second kappa shape index (κ2) is 5.49. The van der Waals surface area contributed by atoms with E-state index in [0.29, 0.717) is 12.1 Å². The highest BCUT2D eigenvalue weighted by Gasteiger charge is 2.19. The van der Waals surface area contributed by atoms with Gasteiger partial charge in [0.25, 0.3) is 9.05 Å². The minimum absolute atomic E-state index is 0.495. The van der Waals surface area contributed by atoms with Crippen molar-refractivity contribution in [2.24, 2.45) is 0 Å². The van der Waals surface area contributed by atoms with Crippen molar-refractivity contribution in [2.45, 2.75) is 11.8 Å². The molecule has 0 atom stereocenters. The number of ether oxygens (including phenoxy) is 2. The van der Waals surface area contributed by atoms with E-state index in [1.54, 1.807) is 0 Å². The van der Waals surface area contributed by atoms with Crippen molar-refractivity contribution >= 4 is 25.7 Å². The van der Waals surface area contributed by atoms with Gasteiger partial charge in [0.05, 0.1) is 4.90 Å². The molecule has 0 N–H and O–H groups in total. The monoisotopic (exact) mass is 300 g/mol. The molecule has 1 aromatic rings. The molecule has 0 unspecified atom stereocenters. The Hall–Kier alpha value is -1.41. The average Bonchev–Trinajstić information content (AvgIpc) is 2.20. The summed E-state index contributed by atoms with van der Waals surface area (Å²) in [4.78, 5) is 9.67. The summed E-state index contributed by atoms with van der Waals surface area (Å²) in [6.07, 6.45) is 0. The van der Waals surface area contributed by atoms with Gasteiger partial charge < -0.3 is 9.47 Å². The molecule has 0 saturated heterocycles. The highest BCUT2D eigenvalue weighted by atomic mass is 35.7. The molecule has 5 nitrogen and oxygen atoms in total. The Morgan fingerprint density at radius 1 is 1.33 bits per heavy atom. The maximum atomic E-state index is 13.3.